The number of nitrogens with one attached hydrogen (secondary N) is 2. The normalized spacial score (nSPS) is 16.8. The van der Waals surface area contributed by atoms with Gasteiger partial charge in [-0.1, -0.05) is 12.1 Å². The maximum absolute atomic E-state index is 11.2. The van der Waals surface area contributed by atoms with Crippen molar-refractivity contribution in [2.75, 3.05) is 6.54 Å². The SMILES string of the molecule is Cc1cc(CC2CNC(=O)N2)cc(C)c1Oc1ccc(O)cc1. The molecule has 3 N–H and O–H groups in total. The third-order valence-corrected chi connectivity index (χ3v) is 3.90. The number of phenols is 1. The van der Waals surface area contributed by atoms with Gasteiger partial charge in [0.15, 0.2) is 0 Å². The molecule has 0 saturated carbocycles. The van der Waals surface area contributed by atoms with E-state index in [2.05, 4.69) is 22.8 Å². The van der Waals surface area contributed by atoms with Crippen LogP contribution in [0.1, 0.15) is 16.7 Å². The lowest BCUT2D eigenvalue weighted by Crippen LogP contribution is -2.28. The highest BCUT2D eigenvalue weighted by Gasteiger charge is 2.20. The topological polar surface area (TPSA) is 70.6 Å². The molecular weight excluding hydrogens is 292 g/mol. The summed E-state index contributed by atoms with van der Waals surface area (Å²) in [5, 5.41) is 15.0. The molecule has 1 fully saturated rings. The molecule has 1 heterocycles. The van der Waals surface area contributed by atoms with Crippen molar-refractivity contribution in [3.8, 4) is 17.2 Å². The van der Waals surface area contributed by atoms with Crippen molar-refractivity contribution in [3.05, 3.63) is 53.1 Å². The van der Waals surface area contributed by atoms with Crippen LogP contribution in [-0.2, 0) is 6.42 Å². The van der Waals surface area contributed by atoms with Crippen molar-refractivity contribution < 1.29 is 14.6 Å². The second-order valence-electron chi connectivity index (χ2n) is 5.91. The van der Waals surface area contributed by atoms with Gasteiger partial charge in [-0.05, 0) is 61.2 Å². The number of carbonyl (C=O) groups excluding carboxylic acids is 1. The molecule has 120 valence electrons. The highest BCUT2D eigenvalue weighted by molar-refractivity contribution is 5.76. The Hall–Kier alpha value is -2.69. The van der Waals surface area contributed by atoms with E-state index < -0.39 is 0 Å². The summed E-state index contributed by atoms with van der Waals surface area (Å²) in [7, 11) is 0. The molecule has 0 radical (unpaired) electrons. The molecule has 2 aromatic rings. The zero-order valence-electron chi connectivity index (χ0n) is 13.2. The fourth-order valence-corrected chi connectivity index (χ4v) is 2.86. The molecule has 3 rings (SSSR count). The summed E-state index contributed by atoms with van der Waals surface area (Å²) in [6.45, 7) is 4.68. The number of aromatic hydroxyl groups is 1. The Labute approximate surface area is 135 Å². The van der Waals surface area contributed by atoms with Crippen molar-refractivity contribution in [3.63, 3.8) is 0 Å². The summed E-state index contributed by atoms with van der Waals surface area (Å²) < 4.78 is 5.94. The number of hydrogen-bond acceptors (Lipinski definition) is 3. The van der Waals surface area contributed by atoms with Crippen LogP contribution in [0.4, 0.5) is 4.79 Å². The Morgan fingerprint density at radius 1 is 1.17 bits per heavy atom. The number of carbonyl (C=O) groups is 1. The summed E-state index contributed by atoms with van der Waals surface area (Å²) in [5.41, 5.74) is 3.27. The molecular formula is C18H20N2O3. The predicted octanol–water partition coefficient (Wildman–Crippen LogP) is 3.03. The maximum atomic E-state index is 11.2. The van der Waals surface area contributed by atoms with E-state index in [1.54, 1.807) is 24.3 Å². The molecule has 1 atom stereocenters. The van der Waals surface area contributed by atoms with Crippen molar-refractivity contribution >= 4 is 6.03 Å². The maximum Gasteiger partial charge on any atom is 0.315 e. The van der Waals surface area contributed by atoms with E-state index in [1.165, 1.54) is 5.56 Å². The molecule has 2 amide bonds. The number of phenolic OH excluding ortho intramolecular Hbond substituents is 1. The van der Waals surface area contributed by atoms with Gasteiger partial charge in [0.1, 0.15) is 17.2 Å². The molecule has 5 nitrogen and oxygen atoms in total. The summed E-state index contributed by atoms with van der Waals surface area (Å²) in [6, 6.07) is 10.9. The van der Waals surface area contributed by atoms with Crippen LogP contribution in [0.2, 0.25) is 0 Å². The molecule has 0 aliphatic carbocycles. The van der Waals surface area contributed by atoms with Crippen LogP contribution in [0.15, 0.2) is 36.4 Å². The Morgan fingerprint density at radius 2 is 1.83 bits per heavy atom. The van der Waals surface area contributed by atoms with Crippen molar-refractivity contribution in [1.82, 2.24) is 10.6 Å². The quantitative estimate of drug-likeness (QED) is 0.812. The molecule has 1 unspecified atom stereocenters. The Bertz CT molecular complexity index is 703. The van der Waals surface area contributed by atoms with Crippen LogP contribution in [0.5, 0.6) is 17.2 Å². The number of benzene rings is 2. The van der Waals surface area contributed by atoms with E-state index in [4.69, 9.17) is 4.74 Å². The van der Waals surface area contributed by atoms with Crippen molar-refractivity contribution in [2.45, 2.75) is 26.3 Å². The first-order chi connectivity index (χ1) is 11.0. The number of aryl methyl sites for hydroxylation is 2. The monoisotopic (exact) mass is 312 g/mol. The molecule has 1 aliphatic heterocycles. The minimum atomic E-state index is -0.101. The van der Waals surface area contributed by atoms with Gasteiger partial charge < -0.3 is 20.5 Å². The van der Waals surface area contributed by atoms with E-state index >= 15 is 0 Å². The van der Waals surface area contributed by atoms with E-state index in [0.29, 0.717) is 12.3 Å². The number of ether oxygens (including phenoxy) is 1. The molecule has 0 aromatic heterocycles. The summed E-state index contributed by atoms with van der Waals surface area (Å²) in [4.78, 5) is 11.2. The largest absolute Gasteiger partial charge is 0.508 e. The molecule has 5 heteroatoms. The van der Waals surface area contributed by atoms with Gasteiger partial charge in [0.2, 0.25) is 0 Å². The van der Waals surface area contributed by atoms with Crippen LogP contribution in [0.3, 0.4) is 0 Å². The number of rotatable bonds is 4. The van der Waals surface area contributed by atoms with Crippen LogP contribution < -0.4 is 15.4 Å². The number of hydrogen-bond donors (Lipinski definition) is 3. The summed E-state index contributed by atoms with van der Waals surface area (Å²) >= 11 is 0. The molecule has 0 bridgehead atoms. The predicted molar refractivity (Wildman–Crippen MR) is 88.1 cm³/mol. The van der Waals surface area contributed by atoms with Crippen LogP contribution >= 0.6 is 0 Å². The van der Waals surface area contributed by atoms with Gasteiger partial charge in [-0.2, -0.15) is 0 Å². The van der Waals surface area contributed by atoms with Gasteiger partial charge in [-0.3, -0.25) is 0 Å². The summed E-state index contributed by atoms with van der Waals surface area (Å²) in [5.74, 6) is 1.73. The van der Waals surface area contributed by atoms with Gasteiger partial charge in [0.25, 0.3) is 0 Å². The third kappa shape index (κ3) is 3.56. The van der Waals surface area contributed by atoms with Gasteiger partial charge in [-0.25, -0.2) is 4.79 Å². The van der Waals surface area contributed by atoms with E-state index in [1.807, 2.05) is 13.8 Å². The zero-order chi connectivity index (χ0) is 16.4. The number of amides is 2. The van der Waals surface area contributed by atoms with Crippen LogP contribution in [-0.4, -0.2) is 23.7 Å². The lowest BCUT2D eigenvalue weighted by molar-refractivity contribution is 0.247. The average molecular weight is 312 g/mol. The van der Waals surface area contributed by atoms with Crippen molar-refractivity contribution in [1.29, 1.82) is 0 Å². The minimum Gasteiger partial charge on any atom is -0.508 e. The molecule has 1 aliphatic rings. The molecule has 2 aromatic carbocycles. The smallest absolute Gasteiger partial charge is 0.315 e. The van der Waals surface area contributed by atoms with Gasteiger partial charge in [0.05, 0.1) is 6.04 Å². The van der Waals surface area contributed by atoms with Gasteiger partial charge in [-0.15, -0.1) is 0 Å². The first-order valence-corrected chi connectivity index (χ1v) is 7.62. The summed E-state index contributed by atoms with van der Waals surface area (Å²) in [6.07, 6.45) is 0.792. The van der Waals surface area contributed by atoms with Gasteiger partial charge >= 0.3 is 6.03 Å². The fraction of sp³-hybridized carbons (Fsp3) is 0.278. The highest BCUT2D eigenvalue weighted by Crippen LogP contribution is 2.31. The van der Waals surface area contributed by atoms with E-state index in [9.17, 15) is 9.90 Å². The third-order valence-electron chi connectivity index (χ3n) is 3.90. The van der Waals surface area contributed by atoms with E-state index in [0.717, 1.165) is 23.3 Å². The minimum absolute atomic E-state index is 0.101. The zero-order valence-corrected chi connectivity index (χ0v) is 13.2. The first kappa shape index (κ1) is 15.2. The van der Waals surface area contributed by atoms with Crippen molar-refractivity contribution in [2.24, 2.45) is 0 Å². The fourth-order valence-electron chi connectivity index (χ4n) is 2.86. The van der Waals surface area contributed by atoms with Crippen LogP contribution in [0, 0.1) is 13.8 Å². The van der Waals surface area contributed by atoms with Crippen LogP contribution in [0.25, 0.3) is 0 Å². The van der Waals surface area contributed by atoms with E-state index in [-0.39, 0.29) is 17.8 Å². The Balaban J connectivity index is 1.77. The molecule has 23 heavy (non-hydrogen) atoms. The Kier molecular flexibility index (Phi) is 4.10. The van der Waals surface area contributed by atoms with Gasteiger partial charge in [0, 0.05) is 6.54 Å². The molecule has 1 saturated heterocycles. The molecule has 0 spiro atoms. The second-order valence-corrected chi connectivity index (χ2v) is 5.91. The second kappa shape index (κ2) is 6.20. The lowest BCUT2D eigenvalue weighted by atomic mass is 10.0. The lowest BCUT2D eigenvalue weighted by Gasteiger charge is -2.15. The standard InChI is InChI=1S/C18H20N2O3/c1-11-7-13(9-14-10-19-18(22)20-14)8-12(2)17(11)23-16-5-3-15(21)4-6-16/h3-8,14,21H,9-10H2,1-2H3,(H2,19,20,22). The number of urea groups is 1. The Morgan fingerprint density at radius 3 is 2.39 bits per heavy atom. The first-order valence-electron chi connectivity index (χ1n) is 7.62. The highest BCUT2D eigenvalue weighted by atomic mass is 16.5. The average Bonchev–Trinajstić information content (AvgIpc) is 2.90.